The Kier molecular flexibility index (Phi) is 6.80. The second kappa shape index (κ2) is 9.05. The molecule has 8 heteroatoms. The fraction of sp³-hybridized carbons (Fsp3) is 0.118. The number of nitrogens with one attached hydrogen (secondary N) is 2. The van der Waals surface area contributed by atoms with Gasteiger partial charge in [-0.15, -0.1) is 0 Å². The molecule has 130 valence electrons. The lowest BCUT2D eigenvalue weighted by atomic mass is 10.2. The van der Waals surface area contributed by atoms with E-state index >= 15 is 0 Å². The Balaban J connectivity index is 1.87. The van der Waals surface area contributed by atoms with Crippen molar-refractivity contribution in [3.05, 3.63) is 63.6 Å². The van der Waals surface area contributed by atoms with Crippen LogP contribution in [-0.2, 0) is 4.79 Å². The van der Waals surface area contributed by atoms with E-state index in [2.05, 4.69) is 15.8 Å². The number of benzene rings is 2. The number of nitrogens with zero attached hydrogens (tertiary/aromatic N) is 1. The molecule has 2 N–H and O–H groups in total. The monoisotopic (exact) mass is 379 g/mol. The molecule has 0 aliphatic rings. The van der Waals surface area contributed by atoms with Crippen molar-refractivity contribution in [3.8, 4) is 5.75 Å². The molecule has 0 aromatic heterocycles. The Bertz CT molecular complexity index is 809. The Hall–Kier alpha value is -2.57. The van der Waals surface area contributed by atoms with Crippen LogP contribution in [0.2, 0.25) is 10.0 Å². The Labute approximate surface area is 154 Å². The number of carbonyl (C=O) groups is 2. The van der Waals surface area contributed by atoms with Crippen LogP contribution in [0.15, 0.2) is 47.6 Å². The fourth-order valence-corrected chi connectivity index (χ4v) is 2.28. The first-order chi connectivity index (χ1) is 12.0. The summed E-state index contributed by atoms with van der Waals surface area (Å²) in [6.07, 6.45) is 1.37. The van der Waals surface area contributed by atoms with E-state index in [9.17, 15) is 9.59 Å². The minimum absolute atomic E-state index is 0.239. The lowest BCUT2D eigenvalue weighted by Crippen LogP contribution is -2.35. The third kappa shape index (κ3) is 5.20. The van der Waals surface area contributed by atoms with Crippen molar-refractivity contribution in [2.24, 2.45) is 5.10 Å². The van der Waals surface area contributed by atoms with E-state index in [0.717, 1.165) is 0 Å². The van der Waals surface area contributed by atoms with Crippen LogP contribution in [0.4, 0.5) is 0 Å². The largest absolute Gasteiger partial charge is 0.496 e. The molecule has 2 aromatic carbocycles. The third-order valence-corrected chi connectivity index (χ3v) is 3.97. The maximum Gasteiger partial charge on any atom is 0.259 e. The van der Waals surface area contributed by atoms with E-state index < -0.39 is 11.8 Å². The van der Waals surface area contributed by atoms with Crippen molar-refractivity contribution >= 4 is 41.2 Å². The summed E-state index contributed by atoms with van der Waals surface area (Å²) in [4.78, 5) is 23.8. The van der Waals surface area contributed by atoms with Gasteiger partial charge in [0.2, 0.25) is 0 Å². The first-order valence-corrected chi connectivity index (χ1v) is 7.95. The highest BCUT2D eigenvalue weighted by atomic mass is 35.5. The van der Waals surface area contributed by atoms with Crippen LogP contribution in [0.1, 0.15) is 15.9 Å². The molecule has 0 fully saturated rings. The van der Waals surface area contributed by atoms with E-state index in [-0.39, 0.29) is 6.54 Å². The molecule has 0 aliphatic carbocycles. The average molecular weight is 380 g/mol. The van der Waals surface area contributed by atoms with Crippen LogP contribution in [0, 0.1) is 0 Å². The third-order valence-electron chi connectivity index (χ3n) is 3.14. The normalized spacial score (nSPS) is 10.5. The Morgan fingerprint density at radius 3 is 2.68 bits per heavy atom. The van der Waals surface area contributed by atoms with Crippen LogP contribution in [0.25, 0.3) is 0 Å². The summed E-state index contributed by atoms with van der Waals surface area (Å²) >= 11 is 11.9. The van der Waals surface area contributed by atoms with Gasteiger partial charge in [-0.25, -0.2) is 5.43 Å². The second-order valence-corrected chi connectivity index (χ2v) is 5.60. The number of ether oxygens (including phenoxy) is 1. The lowest BCUT2D eigenvalue weighted by Gasteiger charge is -2.08. The van der Waals surface area contributed by atoms with Crippen molar-refractivity contribution in [1.29, 1.82) is 0 Å². The van der Waals surface area contributed by atoms with E-state index in [4.69, 9.17) is 27.9 Å². The average Bonchev–Trinajstić information content (AvgIpc) is 2.63. The van der Waals surface area contributed by atoms with Gasteiger partial charge in [-0.1, -0.05) is 47.5 Å². The summed E-state index contributed by atoms with van der Waals surface area (Å²) in [5, 5.41) is 7.00. The summed E-state index contributed by atoms with van der Waals surface area (Å²) in [6, 6.07) is 11.8. The maximum absolute atomic E-state index is 12.1. The molecule has 25 heavy (non-hydrogen) atoms. The van der Waals surface area contributed by atoms with Gasteiger partial charge in [0.25, 0.3) is 11.8 Å². The maximum atomic E-state index is 12.1. The van der Waals surface area contributed by atoms with Gasteiger partial charge in [0.1, 0.15) is 5.75 Å². The van der Waals surface area contributed by atoms with Gasteiger partial charge in [0.05, 0.1) is 35.5 Å². The Morgan fingerprint density at radius 2 is 1.92 bits per heavy atom. The number of hydrogen-bond acceptors (Lipinski definition) is 4. The molecule has 0 aliphatic heterocycles. The lowest BCUT2D eigenvalue weighted by molar-refractivity contribution is -0.120. The second-order valence-electron chi connectivity index (χ2n) is 4.82. The molecule has 2 rings (SSSR count). The van der Waals surface area contributed by atoms with Crippen LogP contribution < -0.4 is 15.5 Å². The smallest absolute Gasteiger partial charge is 0.259 e. The van der Waals surface area contributed by atoms with Gasteiger partial charge < -0.3 is 10.1 Å². The van der Waals surface area contributed by atoms with Gasteiger partial charge in [-0.3, -0.25) is 9.59 Å². The summed E-state index contributed by atoms with van der Waals surface area (Å²) < 4.78 is 5.10. The number of amides is 2. The van der Waals surface area contributed by atoms with Gasteiger partial charge >= 0.3 is 0 Å². The van der Waals surface area contributed by atoms with Gasteiger partial charge in [-0.05, 0) is 18.2 Å². The van der Waals surface area contributed by atoms with Crippen LogP contribution in [-0.4, -0.2) is 31.7 Å². The van der Waals surface area contributed by atoms with Crippen LogP contribution in [0.5, 0.6) is 5.75 Å². The summed E-state index contributed by atoms with van der Waals surface area (Å²) in [5.41, 5.74) is 3.20. The van der Waals surface area contributed by atoms with Gasteiger partial charge in [0, 0.05) is 5.56 Å². The highest BCUT2D eigenvalue weighted by Gasteiger charge is 2.12. The Morgan fingerprint density at radius 1 is 1.16 bits per heavy atom. The molecule has 2 amide bonds. The van der Waals surface area contributed by atoms with Crippen molar-refractivity contribution in [2.75, 3.05) is 13.7 Å². The van der Waals surface area contributed by atoms with E-state index in [0.29, 0.717) is 26.9 Å². The highest BCUT2D eigenvalue weighted by molar-refractivity contribution is 6.43. The number of rotatable bonds is 6. The number of carbonyl (C=O) groups excluding carboxylic acids is 2. The predicted molar refractivity (Wildman–Crippen MR) is 97.5 cm³/mol. The molecule has 0 radical (unpaired) electrons. The van der Waals surface area contributed by atoms with Crippen molar-refractivity contribution in [3.63, 3.8) is 0 Å². The summed E-state index contributed by atoms with van der Waals surface area (Å²) in [7, 11) is 1.47. The number of hydrazone groups is 1. The molecule has 0 unspecified atom stereocenters. The van der Waals surface area contributed by atoms with Gasteiger partial charge in [-0.2, -0.15) is 5.10 Å². The molecular weight excluding hydrogens is 365 g/mol. The zero-order valence-corrected chi connectivity index (χ0v) is 14.8. The van der Waals surface area contributed by atoms with Crippen LogP contribution in [0.3, 0.4) is 0 Å². The quantitative estimate of drug-likeness (QED) is 0.598. The van der Waals surface area contributed by atoms with E-state index in [1.165, 1.54) is 13.3 Å². The van der Waals surface area contributed by atoms with Crippen LogP contribution >= 0.6 is 23.2 Å². The number of methoxy groups -OCH3 is 1. The predicted octanol–water partition coefficient (Wildman–Crippen LogP) is 2.88. The highest BCUT2D eigenvalue weighted by Crippen LogP contribution is 2.24. The molecule has 0 bridgehead atoms. The topological polar surface area (TPSA) is 79.8 Å². The number of para-hydroxylation sites is 1. The number of hydrogen-bond donors (Lipinski definition) is 2. The molecule has 0 saturated carbocycles. The molecular formula is C17H15Cl2N3O3. The van der Waals surface area contributed by atoms with Crippen molar-refractivity contribution in [1.82, 2.24) is 10.7 Å². The van der Waals surface area contributed by atoms with E-state index in [1.54, 1.807) is 42.5 Å². The number of halogens is 2. The molecule has 2 aromatic rings. The molecule has 0 spiro atoms. The van der Waals surface area contributed by atoms with Crippen molar-refractivity contribution < 1.29 is 14.3 Å². The zero-order valence-electron chi connectivity index (χ0n) is 13.3. The SMILES string of the molecule is COc1ccccc1C(=O)NCC(=O)NN=Cc1cccc(Cl)c1Cl. The standard InChI is InChI=1S/C17H15Cl2N3O3/c1-25-14-8-3-2-6-12(14)17(24)20-10-15(23)22-21-9-11-5-4-7-13(18)16(11)19/h2-9H,10H2,1H3,(H,20,24)(H,22,23). The first kappa shape index (κ1) is 18.8. The molecule has 0 atom stereocenters. The molecule has 6 nitrogen and oxygen atoms in total. The fourth-order valence-electron chi connectivity index (χ4n) is 1.92. The van der Waals surface area contributed by atoms with E-state index in [1.807, 2.05) is 0 Å². The zero-order chi connectivity index (χ0) is 18.2. The minimum Gasteiger partial charge on any atom is -0.496 e. The van der Waals surface area contributed by atoms with Crippen molar-refractivity contribution in [2.45, 2.75) is 0 Å². The molecule has 0 saturated heterocycles. The molecule has 0 heterocycles. The van der Waals surface area contributed by atoms with Gasteiger partial charge in [0.15, 0.2) is 0 Å². The first-order valence-electron chi connectivity index (χ1n) is 7.20. The minimum atomic E-state index is -0.488. The summed E-state index contributed by atoms with van der Waals surface area (Å²) in [6.45, 7) is -0.239. The summed E-state index contributed by atoms with van der Waals surface area (Å²) in [5.74, 6) is -0.485.